The lowest BCUT2D eigenvalue weighted by Gasteiger charge is -2.31. The molecule has 1 fully saturated rings. The van der Waals surface area contributed by atoms with Crippen LogP contribution >= 0.6 is 11.3 Å². The van der Waals surface area contributed by atoms with Gasteiger partial charge in [0, 0.05) is 30.4 Å². The van der Waals surface area contributed by atoms with E-state index in [0.717, 1.165) is 11.7 Å². The molecule has 1 saturated carbocycles. The Bertz CT molecular complexity index is 540. The van der Waals surface area contributed by atoms with Crippen LogP contribution in [-0.4, -0.2) is 15.6 Å². The third kappa shape index (κ3) is 3.38. The average molecular weight is 303 g/mol. The lowest BCUT2D eigenvalue weighted by molar-refractivity contribution is 0.270. The van der Waals surface area contributed by atoms with Gasteiger partial charge in [0.15, 0.2) is 0 Å². The Balaban J connectivity index is 1.78. The van der Waals surface area contributed by atoms with Crippen LogP contribution in [0.4, 0.5) is 0 Å². The van der Waals surface area contributed by atoms with Crippen molar-refractivity contribution in [3.8, 4) is 0 Å². The SMILES string of the molecule is CC(NC(c1cccs1)c1nccn1C)C1CCCCC1. The van der Waals surface area contributed by atoms with Crippen LogP contribution in [0.2, 0.25) is 0 Å². The normalized spacial score (nSPS) is 19.5. The lowest BCUT2D eigenvalue weighted by atomic mass is 9.84. The minimum absolute atomic E-state index is 0.210. The molecule has 3 nitrogen and oxygen atoms in total. The Morgan fingerprint density at radius 2 is 2.14 bits per heavy atom. The fourth-order valence-electron chi connectivity index (χ4n) is 3.43. The number of nitrogens with one attached hydrogen (secondary N) is 1. The third-order valence-electron chi connectivity index (χ3n) is 4.73. The van der Waals surface area contributed by atoms with E-state index in [9.17, 15) is 0 Å². The predicted molar refractivity (Wildman–Crippen MR) is 88.5 cm³/mol. The molecule has 0 radical (unpaired) electrons. The van der Waals surface area contributed by atoms with Crippen LogP contribution in [0.5, 0.6) is 0 Å². The summed E-state index contributed by atoms with van der Waals surface area (Å²) in [6, 6.07) is 5.09. The Labute approximate surface area is 131 Å². The van der Waals surface area contributed by atoms with Crippen molar-refractivity contribution in [3.05, 3.63) is 40.6 Å². The fraction of sp³-hybridized carbons (Fsp3) is 0.588. The molecule has 21 heavy (non-hydrogen) atoms. The van der Waals surface area contributed by atoms with Gasteiger partial charge in [0.25, 0.3) is 0 Å². The number of hydrogen-bond acceptors (Lipinski definition) is 3. The van der Waals surface area contributed by atoms with Gasteiger partial charge < -0.3 is 9.88 Å². The molecular weight excluding hydrogens is 278 g/mol. The number of hydrogen-bond donors (Lipinski definition) is 1. The summed E-state index contributed by atoms with van der Waals surface area (Å²) >= 11 is 1.81. The summed E-state index contributed by atoms with van der Waals surface area (Å²) in [5, 5.41) is 6.01. The van der Waals surface area contributed by atoms with Crippen LogP contribution in [0, 0.1) is 5.92 Å². The molecule has 0 saturated heterocycles. The first-order valence-corrected chi connectivity index (χ1v) is 8.90. The number of imidazole rings is 1. The number of aryl methyl sites for hydroxylation is 1. The first kappa shape index (κ1) is 14.8. The van der Waals surface area contributed by atoms with Gasteiger partial charge in [-0.05, 0) is 37.1 Å². The van der Waals surface area contributed by atoms with E-state index >= 15 is 0 Å². The maximum atomic E-state index is 4.58. The van der Waals surface area contributed by atoms with Crippen molar-refractivity contribution in [2.24, 2.45) is 13.0 Å². The van der Waals surface area contributed by atoms with Crippen LogP contribution in [0.3, 0.4) is 0 Å². The predicted octanol–water partition coefficient (Wildman–Crippen LogP) is 4.13. The molecule has 2 heterocycles. The van der Waals surface area contributed by atoms with E-state index in [1.54, 1.807) is 0 Å². The topological polar surface area (TPSA) is 29.9 Å². The van der Waals surface area contributed by atoms with Gasteiger partial charge in [0.1, 0.15) is 11.9 Å². The fourth-order valence-corrected chi connectivity index (χ4v) is 4.21. The van der Waals surface area contributed by atoms with Crippen LogP contribution in [0.25, 0.3) is 0 Å². The highest BCUT2D eigenvalue weighted by Crippen LogP contribution is 2.30. The zero-order chi connectivity index (χ0) is 14.7. The van der Waals surface area contributed by atoms with Crippen molar-refractivity contribution in [1.82, 2.24) is 14.9 Å². The summed E-state index contributed by atoms with van der Waals surface area (Å²) in [5.41, 5.74) is 0. The number of nitrogens with zero attached hydrogens (tertiary/aromatic N) is 2. The van der Waals surface area contributed by atoms with Crippen molar-refractivity contribution in [2.45, 2.75) is 51.1 Å². The largest absolute Gasteiger partial charge is 0.336 e. The molecule has 0 bridgehead atoms. The van der Waals surface area contributed by atoms with E-state index in [-0.39, 0.29) is 6.04 Å². The minimum atomic E-state index is 0.210. The molecule has 114 valence electrons. The van der Waals surface area contributed by atoms with Gasteiger partial charge in [-0.25, -0.2) is 4.98 Å². The van der Waals surface area contributed by atoms with Gasteiger partial charge in [-0.3, -0.25) is 0 Å². The van der Waals surface area contributed by atoms with Gasteiger partial charge in [-0.15, -0.1) is 11.3 Å². The van der Waals surface area contributed by atoms with E-state index in [0.29, 0.717) is 6.04 Å². The summed E-state index contributed by atoms with van der Waals surface area (Å²) in [6.07, 6.45) is 10.9. The Morgan fingerprint density at radius 3 is 2.76 bits per heavy atom. The van der Waals surface area contributed by atoms with Gasteiger partial charge in [-0.1, -0.05) is 25.3 Å². The Kier molecular flexibility index (Phi) is 4.76. The van der Waals surface area contributed by atoms with Crippen molar-refractivity contribution < 1.29 is 0 Å². The number of rotatable bonds is 5. The molecule has 0 aliphatic heterocycles. The average Bonchev–Trinajstić information content (AvgIpc) is 3.17. The third-order valence-corrected chi connectivity index (χ3v) is 5.67. The summed E-state index contributed by atoms with van der Waals surface area (Å²) in [6.45, 7) is 2.35. The maximum Gasteiger partial charge on any atom is 0.131 e. The van der Waals surface area contributed by atoms with Crippen LogP contribution < -0.4 is 5.32 Å². The summed E-state index contributed by atoms with van der Waals surface area (Å²) in [7, 11) is 2.08. The molecule has 1 aliphatic rings. The second kappa shape index (κ2) is 6.75. The maximum absolute atomic E-state index is 4.58. The van der Waals surface area contributed by atoms with Crippen LogP contribution in [0.1, 0.15) is 55.8 Å². The molecule has 1 N–H and O–H groups in total. The van der Waals surface area contributed by atoms with Crippen LogP contribution in [0.15, 0.2) is 29.9 Å². The van der Waals surface area contributed by atoms with Crippen molar-refractivity contribution in [3.63, 3.8) is 0 Å². The van der Waals surface area contributed by atoms with Crippen molar-refractivity contribution in [2.75, 3.05) is 0 Å². The number of thiophene rings is 1. The second-order valence-electron chi connectivity index (χ2n) is 6.20. The molecule has 1 aliphatic carbocycles. The Hall–Kier alpha value is -1.13. The molecule has 2 aromatic rings. The van der Waals surface area contributed by atoms with E-state index in [2.05, 4.69) is 46.4 Å². The minimum Gasteiger partial charge on any atom is -0.336 e. The zero-order valence-electron chi connectivity index (χ0n) is 13.0. The molecular formula is C17H25N3S. The zero-order valence-corrected chi connectivity index (χ0v) is 13.8. The van der Waals surface area contributed by atoms with E-state index in [1.165, 1.54) is 37.0 Å². The molecule has 2 unspecified atom stereocenters. The first-order valence-electron chi connectivity index (χ1n) is 8.02. The van der Waals surface area contributed by atoms with E-state index in [4.69, 9.17) is 0 Å². The standard InChI is InChI=1S/C17H25N3S/c1-13(14-7-4-3-5-8-14)19-16(15-9-6-12-21-15)17-18-10-11-20(17)2/h6,9-14,16,19H,3-5,7-8H2,1-2H3. The van der Waals surface area contributed by atoms with E-state index < -0.39 is 0 Å². The highest BCUT2D eigenvalue weighted by atomic mass is 32.1. The summed E-state index contributed by atoms with van der Waals surface area (Å²) in [4.78, 5) is 5.93. The van der Waals surface area contributed by atoms with Crippen molar-refractivity contribution in [1.29, 1.82) is 0 Å². The molecule has 2 atom stereocenters. The highest BCUT2D eigenvalue weighted by Gasteiger charge is 2.26. The second-order valence-corrected chi connectivity index (χ2v) is 7.18. The summed E-state index contributed by atoms with van der Waals surface area (Å²) in [5.74, 6) is 1.92. The van der Waals surface area contributed by atoms with Gasteiger partial charge in [0.2, 0.25) is 0 Å². The van der Waals surface area contributed by atoms with Crippen LogP contribution in [-0.2, 0) is 7.05 Å². The van der Waals surface area contributed by atoms with Crippen molar-refractivity contribution >= 4 is 11.3 Å². The first-order chi connectivity index (χ1) is 10.3. The van der Waals surface area contributed by atoms with Gasteiger partial charge in [-0.2, -0.15) is 0 Å². The lowest BCUT2D eigenvalue weighted by Crippen LogP contribution is -2.38. The molecule has 2 aromatic heterocycles. The van der Waals surface area contributed by atoms with Gasteiger partial charge in [0.05, 0.1) is 0 Å². The molecule has 0 amide bonds. The smallest absolute Gasteiger partial charge is 0.131 e. The summed E-state index contributed by atoms with van der Waals surface area (Å²) < 4.78 is 2.13. The molecule has 0 aromatic carbocycles. The quantitative estimate of drug-likeness (QED) is 0.900. The van der Waals surface area contributed by atoms with E-state index in [1.807, 2.05) is 23.7 Å². The molecule has 4 heteroatoms. The highest BCUT2D eigenvalue weighted by molar-refractivity contribution is 7.10. The monoisotopic (exact) mass is 303 g/mol. The Morgan fingerprint density at radius 1 is 1.33 bits per heavy atom. The molecule has 0 spiro atoms. The van der Waals surface area contributed by atoms with Gasteiger partial charge >= 0.3 is 0 Å². The molecule has 3 rings (SSSR count). The number of aromatic nitrogens is 2.